The van der Waals surface area contributed by atoms with Gasteiger partial charge in [0.1, 0.15) is 6.04 Å². The molecule has 6 nitrogen and oxygen atoms in total. The van der Waals surface area contributed by atoms with Gasteiger partial charge in [-0.2, -0.15) is 0 Å². The van der Waals surface area contributed by atoms with Crippen molar-refractivity contribution in [2.24, 2.45) is 5.92 Å². The Morgan fingerprint density at radius 2 is 1.90 bits per heavy atom. The van der Waals surface area contributed by atoms with E-state index in [-0.39, 0.29) is 11.9 Å². The van der Waals surface area contributed by atoms with Crippen LogP contribution in [0.2, 0.25) is 0 Å². The molecule has 0 aliphatic carbocycles. The molecule has 29 heavy (non-hydrogen) atoms. The SMILES string of the molecule is CC[C@H](c1nnc(SCC(=O)N2CCC(C)CC2)n1Cc1ccccc1)[NH+](C)C. The molecular formula is C22H34N5OS+. The van der Waals surface area contributed by atoms with E-state index in [4.69, 9.17) is 0 Å². The van der Waals surface area contributed by atoms with Crippen LogP contribution < -0.4 is 4.90 Å². The predicted molar refractivity (Wildman–Crippen MR) is 117 cm³/mol. The summed E-state index contributed by atoms with van der Waals surface area (Å²) in [6.07, 6.45) is 3.20. The van der Waals surface area contributed by atoms with E-state index in [2.05, 4.69) is 67.0 Å². The van der Waals surface area contributed by atoms with Crippen molar-refractivity contribution in [2.75, 3.05) is 32.9 Å². The summed E-state index contributed by atoms with van der Waals surface area (Å²) in [5, 5.41) is 9.87. The molecule has 1 saturated heterocycles. The number of carbonyl (C=O) groups excluding carboxylic acids is 1. The second kappa shape index (κ2) is 10.3. The summed E-state index contributed by atoms with van der Waals surface area (Å²) < 4.78 is 2.20. The number of nitrogens with zero attached hydrogens (tertiary/aromatic N) is 4. The molecule has 0 unspecified atom stereocenters. The number of piperidine rings is 1. The highest BCUT2D eigenvalue weighted by Gasteiger charge is 2.26. The fourth-order valence-corrected chi connectivity index (χ4v) is 4.75. The quantitative estimate of drug-likeness (QED) is 0.671. The van der Waals surface area contributed by atoms with Crippen molar-refractivity contribution in [1.29, 1.82) is 0 Å². The van der Waals surface area contributed by atoms with E-state index in [1.54, 1.807) is 0 Å². The maximum Gasteiger partial charge on any atom is 0.233 e. The monoisotopic (exact) mass is 416 g/mol. The molecule has 2 heterocycles. The summed E-state index contributed by atoms with van der Waals surface area (Å²) in [6, 6.07) is 10.7. The van der Waals surface area contributed by atoms with Crippen molar-refractivity contribution < 1.29 is 9.69 Å². The van der Waals surface area contributed by atoms with E-state index < -0.39 is 0 Å². The van der Waals surface area contributed by atoms with Gasteiger partial charge in [0.2, 0.25) is 5.91 Å². The van der Waals surface area contributed by atoms with Crippen LogP contribution in [0.4, 0.5) is 0 Å². The van der Waals surface area contributed by atoms with Crippen LogP contribution in [-0.4, -0.2) is 58.5 Å². The third-order valence-electron chi connectivity index (χ3n) is 5.81. The third kappa shape index (κ3) is 5.60. The van der Waals surface area contributed by atoms with Crippen molar-refractivity contribution in [3.05, 3.63) is 41.7 Å². The molecular weight excluding hydrogens is 382 g/mol. The van der Waals surface area contributed by atoms with Gasteiger partial charge >= 0.3 is 0 Å². The standard InChI is InChI=1S/C22H33N5OS/c1-5-19(25(3)4)21-23-24-22(27(21)15-18-9-7-6-8-10-18)29-16-20(28)26-13-11-17(2)12-14-26/h6-10,17,19H,5,11-16H2,1-4H3/p+1/t19-/m1/s1. The minimum absolute atomic E-state index is 0.211. The van der Waals surface area contributed by atoms with Crippen molar-refractivity contribution in [2.45, 2.75) is 50.9 Å². The van der Waals surface area contributed by atoms with Crippen LogP contribution in [0.3, 0.4) is 0 Å². The molecule has 1 atom stereocenters. The third-order valence-corrected chi connectivity index (χ3v) is 6.76. The van der Waals surface area contributed by atoms with Gasteiger partial charge in [-0.1, -0.05) is 55.9 Å². The average molecular weight is 417 g/mol. The van der Waals surface area contributed by atoms with Crippen LogP contribution in [0.5, 0.6) is 0 Å². The molecule has 1 amide bonds. The van der Waals surface area contributed by atoms with Gasteiger partial charge < -0.3 is 9.80 Å². The smallest absolute Gasteiger partial charge is 0.233 e. The van der Waals surface area contributed by atoms with Crippen molar-refractivity contribution >= 4 is 17.7 Å². The van der Waals surface area contributed by atoms with Crippen LogP contribution in [0.25, 0.3) is 0 Å². The number of rotatable bonds is 8. The van der Waals surface area contributed by atoms with Crippen molar-refractivity contribution in [1.82, 2.24) is 19.7 Å². The zero-order valence-corrected chi connectivity index (χ0v) is 18.9. The number of hydrogen-bond acceptors (Lipinski definition) is 4. The lowest BCUT2D eigenvalue weighted by atomic mass is 9.99. The average Bonchev–Trinajstić information content (AvgIpc) is 3.10. The lowest BCUT2D eigenvalue weighted by molar-refractivity contribution is -0.893. The summed E-state index contributed by atoms with van der Waals surface area (Å²) in [5.41, 5.74) is 1.22. The Kier molecular flexibility index (Phi) is 7.72. The molecule has 3 rings (SSSR count). The molecule has 1 aliphatic rings. The van der Waals surface area contributed by atoms with Crippen LogP contribution in [0, 0.1) is 5.92 Å². The fraction of sp³-hybridized carbons (Fsp3) is 0.591. The number of amides is 1. The Morgan fingerprint density at radius 1 is 1.21 bits per heavy atom. The molecule has 0 radical (unpaired) electrons. The van der Waals surface area contributed by atoms with Crippen LogP contribution in [0.15, 0.2) is 35.5 Å². The van der Waals surface area contributed by atoms with Gasteiger partial charge in [-0.3, -0.25) is 9.36 Å². The summed E-state index contributed by atoms with van der Waals surface area (Å²) in [6.45, 7) is 6.94. The summed E-state index contributed by atoms with van der Waals surface area (Å²) in [4.78, 5) is 16.0. The van der Waals surface area contributed by atoms with Gasteiger partial charge in [0.15, 0.2) is 11.0 Å². The largest absolute Gasteiger partial charge is 0.342 e. The first-order valence-electron chi connectivity index (χ1n) is 10.7. The van der Waals surface area contributed by atoms with Gasteiger partial charge in [0.25, 0.3) is 0 Å². The van der Waals surface area contributed by atoms with Gasteiger partial charge in [0.05, 0.1) is 26.4 Å². The molecule has 2 aromatic rings. The Bertz CT molecular complexity index is 784. The number of thioether (sulfide) groups is 1. The lowest BCUT2D eigenvalue weighted by Crippen LogP contribution is -3.06. The highest BCUT2D eigenvalue weighted by molar-refractivity contribution is 7.99. The number of hydrogen-bond donors (Lipinski definition) is 1. The molecule has 1 fully saturated rings. The summed E-state index contributed by atoms with van der Waals surface area (Å²) in [5.74, 6) is 2.36. The molecule has 1 aromatic heterocycles. The van der Waals surface area contributed by atoms with Gasteiger partial charge in [0, 0.05) is 19.5 Å². The summed E-state index contributed by atoms with van der Waals surface area (Å²) >= 11 is 1.52. The van der Waals surface area contributed by atoms with E-state index in [9.17, 15) is 4.79 Å². The zero-order valence-electron chi connectivity index (χ0n) is 18.1. The number of nitrogens with one attached hydrogen (secondary N) is 1. The molecule has 1 N–H and O–H groups in total. The van der Waals surface area contributed by atoms with Gasteiger partial charge in [-0.25, -0.2) is 0 Å². The molecule has 1 aliphatic heterocycles. The second-order valence-corrected chi connectivity index (χ2v) is 9.25. The maximum atomic E-state index is 12.7. The fourth-order valence-electron chi connectivity index (χ4n) is 3.90. The topological polar surface area (TPSA) is 55.5 Å². The van der Waals surface area contributed by atoms with Gasteiger partial charge in [-0.05, 0) is 24.3 Å². The van der Waals surface area contributed by atoms with E-state index in [0.29, 0.717) is 5.75 Å². The lowest BCUT2D eigenvalue weighted by Gasteiger charge is -2.30. The Labute approximate surface area is 178 Å². The predicted octanol–water partition coefficient (Wildman–Crippen LogP) is 2.27. The number of aromatic nitrogens is 3. The van der Waals surface area contributed by atoms with Crippen LogP contribution >= 0.6 is 11.8 Å². The maximum absolute atomic E-state index is 12.7. The van der Waals surface area contributed by atoms with Gasteiger partial charge in [-0.15, -0.1) is 10.2 Å². The van der Waals surface area contributed by atoms with Crippen LogP contribution in [0.1, 0.15) is 50.5 Å². The first kappa shape index (κ1) is 21.8. The van der Waals surface area contributed by atoms with E-state index in [1.165, 1.54) is 22.2 Å². The minimum atomic E-state index is 0.211. The van der Waals surface area contributed by atoms with Crippen molar-refractivity contribution in [3.63, 3.8) is 0 Å². The number of quaternary nitrogens is 1. The molecule has 0 spiro atoms. The molecule has 0 saturated carbocycles. The first-order valence-corrected chi connectivity index (χ1v) is 11.7. The molecule has 0 bridgehead atoms. The van der Waals surface area contributed by atoms with E-state index >= 15 is 0 Å². The normalized spacial score (nSPS) is 16.4. The Hall–Kier alpha value is -1.86. The summed E-state index contributed by atoms with van der Waals surface area (Å²) in [7, 11) is 4.31. The van der Waals surface area contributed by atoms with E-state index in [0.717, 1.165) is 55.8 Å². The second-order valence-electron chi connectivity index (χ2n) is 8.30. The Morgan fingerprint density at radius 3 is 2.52 bits per heavy atom. The number of benzene rings is 1. The molecule has 1 aromatic carbocycles. The van der Waals surface area contributed by atoms with E-state index in [1.807, 2.05) is 11.0 Å². The highest BCUT2D eigenvalue weighted by atomic mass is 32.2. The molecule has 7 heteroatoms. The zero-order chi connectivity index (χ0) is 20.8. The minimum Gasteiger partial charge on any atom is -0.342 e. The first-order chi connectivity index (χ1) is 14.0. The number of likely N-dealkylation sites (tertiary alicyclic amines) is 1. The van der Waals surface area contributed by atoms with Crippen LogP contribution in [-0.2, 0) is 11.3 Å². The molecule has 158 valence electrons. The van der Waals surface area contributed by atoms with Crippen molar-refractivity contribution in [3.8, 4) is 0 Å². The Balaban J connectivity index is 1.76. The highest BCUT2D eigenvalue weighted by Crippen LogP contribution is 2.24. The number of carbonyl (C=O) groups is 1.